The lowest BCUT2D eigenvalue weighted by atomic mass is 10.2. The molecule has 0 amide bonds. The number of aryl methyl sites for hydroxylation is 2. The zero-order valence-electron chi connectivity index (χ0n) is 9.25. The topological polar surface area (TPSA) is 42.4 Å². The lowest BCUT2D eigenvalue weighted by Crippen LogP contribution is -2.09. The Morgan fingerprint density at radius 1 is 1.53 bits per heavy atom. The van der Waals surface area contributed by atoms with Crippen LogP contribution in [0.15, 0.2) is 10.5 Å². The summed E-state index contributed by atoms with van der Waals surface area (Å²) in [6, 6.07) is 1.99. The molecule has 1 atom stereocenters. The number of hydrogen-bond donors (Lipinski definition) is 1. The fourth-order valence-electron chi connectivity index (χ4n) is 1.12. The van der Waals surface area contributed by atoms with E-state index in [1.165, 1.54) is 0 Å². The maximum Gasteiger partial charge on any atom is 0.216 e. The van der Waals surface area contributed by atoms with Gasteiger partial charge in [0, 0.05) is 16.5 Å². The van der Waals surface area contributed by atoms with E-state index >= 15 is 0 Å². The summed E-state index contributed by atoms with van der Waals surface area (Å²) in [6.45, 7) is 6.11. The highest BCUT2D eigenvalue weighted by Gasteiger charge is 2.06. The first kappa shape index (κ1) is 12.5. The van der Waals surface area contributed by atoms with Gasteiger partial charge in [0.15, 0.2) is 0 Å². The highest BCUT2D eigenvalue weighted by Crippen LogP contribution is 2.22. The molecular formula is C11H16BrNO2. The van der Waals surface area contributed by atoms with E-state index in [-0.39, 0.29) is 6.10 Å². The third-order valence-corrected chi connectivity index (χ3v) is 2.87. The second-order valence-electron chi connectivity index (χ2n) is 3.66. The van der Waals surface area contributed by atoms with Gasteiger partial charge in [0.25, 0.3) is 0 Å². The number of ether oxygens (including phenoxy) is 1. The molecule has 1 aromatic heterocycles. The van der Waals surface area contributed by atoms with Gasteiger partial charge in [-0.1, -0.05) is 0 Å². The second-order valence-corrected chi connectivity index (χ2v) is 4.52. The van der Waals surface area contributed by atoms with Crippen LogP contribution in [0.2, 0.25) is 0 Å². The molecule has 1 aromatic rings. The molecule has 3 nitrogen and oxygen atoms in total. The van der Waals surface area contributed by atoms with Gasteiger partial charge in [-0.05, 0) is 42.8 Å². The summed E-state index contributed by atoms with van der Waals surface area (Å²) in [4.78, 5) is 4.32. The average molecular weight is 274 g/mol. The molecular weight excluding hydrogens is 258 g/mol. The van der Waals surface area contributed by atoms with Gasteiger partial charge < -0.3 is 9.84 Å². The largest absolute Gasteiger partial charge is 0.477 e. The molecule has 0 unspecified atom stereocenters. The minimum absolute atomic E-state index is 0.332. The van der Waals surface area contributed by atoms with E-state index in [0.717, 1.165) is 15.7 Å². The van der Waals surface area contributed by atoms with Crippen molar-refractivity contribution >= 4 is 15.9 Å². The number of aliphatic hydroxyl groups excluding tert-OH is 1. The molecule has 0 aliphatic rings. The van der Waals surface area contributed by atoms with E-state index in [1.807, 2.05) is 19.9 Å². The number of pyridine rings is 1. The van der Waals surface area contributed by atoms with Crippen LogP contribution < -0.4 is 4.74 Å². The summed E-state index contributed by atoms with van der Waals surface area (Å²) in [7, 11) is 0. The van der Waals surface area contributed by atoms with Gasteiger partial charge in [0.2, 0.25) is 5.88 Å². The Kier molecular flexibility index (Phi) is 4.54. The molecule has 0 spiro atoms. The van der Waals surface area contributed by atoms with E-state index in [4.69, 9.17) is 9.84 Å². The molecule has 0 aliphatic heterocycles. The van der Waals surface area contributed by atoms with Crippen LogP contribution in [0.1, 0.15) is 24.6 Å². The average Bonchev–Trinajstić information content (AvgIpc) is 2.13. The quantitative estimate of drug-likeness (QED) is 0.917. The van der Waals surface area contributed by atoms with Gasteiger partial charge in [-0.3, -0.25) is 0 Å². The lowest BCUT2D eigenvalue weighted by molar-refractivity contribution is 0.153. The number of nitrogens with zero attached hydrogens (tertiary/aromatic N) is 1. The molecule has 1 heterocycles. The molecule has 0 radical (unpaired) electrons. The van der Waals surface area contributed by atoms with Crippen molar-refractivity contribution in [3.8, 4) is 5.88 Å². The van der Waals surface area contributed by atoms with Gasteiger partial charge in [-0.2, -0.15) is 0 Å². The summed E-state index contributed by atoms with van der Waals surface area (Å²) >= 11 is 3.41. The van der Waals surface area contributed by atoms with Crippen molar-refractivity contribution in [2.24, 2.45) is 0 Å². The molecule has 0 fully saturated rings. The Morgan fingerprint density at radius 3 is 2.80 bits per heavy atom. The van der Waals surface area contributed by atoms with Crippen molar-refractivity contribution in [2.45, 2.75) is 33.3 Å². The number of aliphatic hydroxyl groups is 1. The monoisotopic (exact) mass is 273 g/mol. The summed E-state index contributed by atoms with van der Waals surface area (Å²) < 4.78 is 6.48. The molecule has 1 N–H and O–H groups in total. The zero-order chi connectivity index (χ0) is 11.4. The maximum atomic E-state index is 9.09. The summed E-state index contributed by atoms with van der Waals surface area (Å²) in [5.41, 5.74) is 1.91. The summed E-state index contributed by atoms with van der Waals surface area (Å²) in [5, 5.41) is 9.09. The van der Waals surface area contributed by atoms with E-state index in [1.54, 1.807) is 6.92 Å². The number of aromatic nitrogens is 1. The third-order valence-electron chi connectivity index (χ3n) is 2.07. The van der Waals surface area contributed by atoms with Crippen LogP contribution in [0.4, 0.5) is 0 Å². The molecule has 0 bridgehead atoms. The molecule has 0 aliphatic carbocycles. The van der Waals surface area contributed by atoms with Crippen molar-refractivity contribution < 1.29 is 9.84 Å². The molecule has 84 valence electrons. The van der Waals surface area contributed by atoms with Crippen molar-refractivity contribution in [1.82, 2.24) is 4.98 Å². The fraction of sp³-hybridized carbons (Fsp3) is 0.545. The first-order valence-corrected chi connectivity index (χ1v) is 5.74. The Labute approximate surface area is 98.6 Å². The standard InChI is InChI=1S/C11H16BrNO2/c1-7-6-10(12)9(3)13-11(7)15-5-4-8(2)14/h6,8,14H,4-5H2,1-3H3/t8-/m1/s1. The van der Waals surface area contributed by atoms with Crippen molar-refractivity contribution in [1.29, 1.82) is 0 Å². The predicted molar refractivity (Wildman–Crippen MR) is 63.2 cm³/mol. The van der Waals surface area contributed by atoms with Crippen LogP contribution in [0, 0.1) is 13.8 Å². The van der Waals surface area contributed by atoms with Crippen molar-refractivity contribution in [3.63, 3.8) is 0 Å². The van der Waals surface area contributed by atoms with Crippen LogP contribution in [0.3, 0.4) is 0 Å². The van der Waals surface area contributed by atoms with Gasteiger partial charge in [0.1, 0.15) is 0 Å². The van der Waals surface area contributed by atoms with Crippen LogP contribution >= 0.6 is 15.9 Å². The van der Waals surface area contributed by atoms with E-state index in [2.05, 4.69) is 20.9 Å². The van der Waals surface area contributed by atoms with Gasteiger partial charge in [-0.15, -0.1) is 0 Å². The zero-order valence-corrected chi connectivity index (χ0v) is 10.8. The third kappa shape index (κ3) is 3.80. The SMILES string of the molecule is Cc1cc(Br)c(C)nc1OCC[C@@H](C)O. The normalized spacial score (nSPS) is 12.6. The molecule has 0 saturated carbocycles. The van der Waals surface area contributed by atoms with Gasteiger partial charge in [0.05, 0.1) is 18.4 Å². The Morgan fingerprint density at radius 2 is 2.20 bits per heavy atom. The molecule has 0 aromatic carbocycles. The van der Waals surface area contributed by atoms with Crippen LogP contribution in [0.25, 0.3) is 0 Å². The molecule has 4 heteroatoms. The molecule has 0 saturated heterocycles. The Balaban J connectivity index is 2.65. The van der Waals surface area contributed by atoms with Crippen LogP contribution in [-0.4, -0.2) is 22.8 Å². The summed E-state index contributed by atoms with van der Waals surface area (Å²) in [5.74, 6) is 0.649. The predicted octanol–water partition coefficient (Wildman–Crippen LogP) is 2.61. The fourth-order valence-corrected chi connectivity index (χ4v) is 1.55. The first-order valence-electron chi connectivity index (χ1n) is 4.95. The Bertz CT molecular complexity index is 340. The molecule has 1 rings (SSSR count). The van der Waals surface area contributed by atoms with E-state index in [9.17, 15) is 0 Å². The highest BCUT2D eigenvalue weighted by atomic mass is 79.9. The maximum absolute atomic E-state index is 9.09. The number of halogens is 1. The van der Waals surface area contributed by atoms with Crippen LogP contribution in [0.5, 0.6) is 5.88 Å². The van der Waals surface area contributed by atoms with Gasteiger partial charge in [-0.25, -0.2) is 4.98 Å². The smallest absolute Gasteiger partial charge is 0.216 e. The number of rotatable bonds is 4. The number of hydrogen-bond acceptors (Lipinski definition) is 3. The minimum Gasteiger partial charge on any atom is -0.477 e. The van der Waals surface area contributed by atoms with Gasteiger partial charge >= 0.3 is 0 Å². The summed E-state index contributed by atoms with van der Waals surface area (Å²) in [6.07, 6.45) is 0.290. The van der Waals surface area contributed by atoms with Crippen LogP contribution in [-0.2, 0) is 0 Å². The van der Waals surface area contributed by atoms with Crippen molar-refractivity contribution in [3.05, 3.63) is 21.8 Å². The van der Waals surface area contributed by atoms with Crippen molar-refractivity contribution in [2.75, 3.05) is 6.61 Å². The lowest BCUT2D eigenvalue weighted by Gasteiger charge is -2.10. The van der Waals surface area contributed by atoms with E-state index < -0.39 is 0 Å². The second kappa shape index (κ2) is 5.47. The molecule has 15 heavy (non-hydrogen) atoms. The first-order chi connectivity index (χ1) is 7.00. The Hall–Kier alpha value is -0.610. The highest BCUT2D eigenvalue weighted by molar-refractivity contribution is 9.10. The van der Waals surface area contributed by atoms with E-state index in [0.29, 0.717) is 18.9 Å². The minimum atomic E-state index is -0.332.